The van der Waals surface area contributed by atoms with E-state index >= 15 is 0 Å². The molecule has 4 heteroatoms. The van der Waals surface area contributed by atoms with E-state index in [-0.39, 0.29) is 0 Å². The maximum Gasteiger partial charge on any atom is 0.122 e. The van der Waals surface area contributed by atoms with E-state index < -0.39 is 0 Å². The molecule has 0 atom stereocenters. The summed E-state index contributed by atoms with van der Waals surface area (Å²) in [5.74, 6) is 2.05. The zero-order valence-corrected chi connectivity index (χ0v) is 11.7. The van der Waals surface area contributed by atoms with Gasteiger partial charge in [-0.15, -0.1) is 0 Å². The number of aryl methyl sites for hydroxylation is 1. The summed E-state index contributed by atoms with van der Waals surface area (Å²) >= 11 is 0. The lowest BCUT2D eigenvalue weighted by Crippen LogP contribution is -2.37. The van der Waals surface area contributed by atoms with Crippen molar-refractivity contribution in [2.45, 2.75) is 32.7 Å². The lowest BCUT2D eigenvalue weighted by molar-refractivity contribution is 0.171. The first kappa shape index (κ1) is 13.6. The van der Waals surface area contributed by atoms with Crippen molar-refractivity contribution in [3.63, 3.8) is 0 Å². The standard InChI is InChI=1S/C14H26N4/c1-3-6-15-11-13-4-8-18(9-5-13)12-14-16-7-10-17(14)2/h7,10,13,15H,3-6,8-9,11-12H2,1-2H3. The molecule has 0 aromatic carbocycles. The molecule has 0 amide bonds. The molecule has 0 bridgehead atoms. The Kier molecular flexibility index (Phi) is 5.20. The molecule has 4 nitrogen and oxygen atoms in total. The van der Waals surface area contributed by atoms with Gasteiger partial charge in [-0.1, -0.05) is 6.92 Å². The molecule has 2 heterocycles. The maximum atomic E-state index is 4.40. The molecule has 2 rings (SSSR count). The van der Waals surface area contributed by atoms with E-state index in [0.29, 0.717) is 0 Å². The molecule has 0 radical (unpaired) electrons. The minimum atomic E-state index is 0.870. The molecule has 102 valence electrons. The summed E-state index contributed by atoms with van der Waals surface area (Å²) in [6.45, 7) is 8.01. The fourth-order valence-electron chi connectivity index (χ4n) is 2.58. The Bertz CT molecular complexity index is 339. The van der Waals surface area contributed by atoms with Crippen LogP contribution in [0.1, 0.15) is 32.0 Å². The third-order valence-corrected chi connectivity index (χ3v) is 3.85. The van der Waals surface area contributed by atoms with E-state index in [1.165, 1.54) is 44.7 Å². The van der Waals surface area contributed by atoms with Gasteiger partial charge in [-0.25, -0.2) is 4.98 Å². The summed E-state index contributed by atoms with van der Waals surface area (Å²) in [6, 6.07) is 0. The Labute approximate surface area is 110 Å². The normalized spacial score (nSPS) is 18.3. The Morgan fingerprint density at radius 1 is 1.39 bits per heavy atom. The van der Waals surface area contributed by atoms with Crippen LogP contribution in [-0.2, 0) is 13.6 Å². The van der Waals surface area contributed by atoms with Crippen molar-refractivity contribution in [3.8, 4) is 0 Å². The summed E-state index contributed by atoms with van der Waals surface area (Å²) in [7, 11) is 2.07. The van der Waals surface area contributed by atoms with E-state index in [9.17, 15) is 0 Å². The van der Waals surface area contributed by atoms with Crippen LogP contribution in [0.15, 0.2) is 12.4 Å². The number of piperidine rings is 1. The molecule has 18 heavy (non-hydrogen) atoms. The molecule has 0 aliphatic carbocycles. The number of nitrogens with zero attached hydrogens (tertiary/aromatic N) is 3. The van der Waals surface area contributed by atoms with Crippen LogP contribution in [-0.4, -0.2) is 40.6 Å². The van der Waals surface area contributed by atoms with Crippen molar-refractivity contribution in [2.24, 2.45) is 13.0 Å². The topological polar surface area (TPSA) is 33.1 Å². The van der Waals surface area contributed by atoms with Crippen LogP contribution in [0.2, 0.25) is 0 Å². The van der Waals surface area contributed by atoms with E-state index in [1.54, 1.807) is 0 Å². The van der Waals surface area contributed by atoms with E-state index in [4.69, 9.17) is 0 Å². The summed E-state index contributed by atoms with van der Waals surface area (Å²) in [5.41, 5.74) is 0. The highest BCUT2D eigenvalue weighted by Crippen LogP contribution is 2.17. The fourth-order valence-corrected chi connectivity index (χ4v) is 2.58. The first-order valence-electron chi connectivity index (χ1n) is 7.19. The first-order valence-corrected chi connectivity index (χ1v) is 7.19. The van der Waals surface area contributed by atoms with Crippen LogP contribution in [0.3, 0.4) is 0 Å². The SMILES string of the molecule is CCCNCC1CCN(Cc2nccn2C)CC1. The molecule has 1 aromatic heterocycles. The number of imidazole rings is 1. The quantitative estimate of drug-likeness (QED) is 0.779. The van der Waals surface area contributed by atoms with Crippen LogP contribution < -0.4 is 5.32 Å². The van der Waals surface area contributed by atoms with Gasteiger partial charge in [0.2, 0.25) is 0 Å². The number of hydrogen-bond donors (Lipinski definition) is 1. The van der Waals surface area contributed by atoms with Crippen molar-refractivity contribution in [1.29, 1.82) is 0 Å². The van der Waals surface area contributed by atoms with Gasteiger partial charge in [0, 0.05) is 19.4 Å². The van der Waals surface area contributed by atoms with Crippen molar-refractivity contribution in [1.82, 2.24) is 19.8 Å². The van der Waals surface area contributed by atoms with Gasteiger partial charge in [0.05, 0.1) is 6.54 Å². The summed E-state index contributed by atoms with van der Waals surface area (Å²) in [5, 5.41) is 3.54. The van der Waals surface area contributed by atoms with E-state index in [2.05, 4.69) is 33.7 Å². The lowest BCUT2D eigenvalue weighted by Gasteiger charge is -2.31. The predicted molar refractivity (Wildman–Crippen MR) is 74.4 cm³/mol. The maximum absolute atomic E-state index is 4.40. The molecule has 0 spiro atoms. The molecule has 1 saturated heterocycles. The second-order valence-corrected chi connectivity index (χ2v) is 5.38. The number of likely N-dealkylation sites (tertiary alicyclic amines) is 1. The zero-order valence-electron chi connectivity index (χ0n) is 11.7. The van der Waals surface area contributed by atoms with Crippen LogP contribution >= 0.6 is 0 Å². The second-order valence-electron chi connectivity index (χ2n) is 5.38. The van der Waals surface area contributed by atoms with Gasteiger partial charge in [0.15, 0.2) is 0 Å². The molecule has 1 aliphatic rings. The molecular formula is C14H26N4. The van der Waals surface area contributed by atoms with Crippen molar-refractivity contribution in [2.75, 3.05) is 26.2 Å². The van der Waals surface area contributed by atoms with Gasteiger partial charge in [-0.05, 0) is 51.4 Å². The molecular weight excluding hydrogens is 224 g/mol. The summed E-state index contributed by atoms with van der Waals surface area (Å²) in [4.78, 5) is 6.92. The third kappa shape index (κ3) is 3.82. The largest absolute Gasteiger partial charge is 0.337 e. The molecule has 0 saturated carbocycles. The van der Waals surface area contributed by atoms with Crippen molar-refractivity contribution < 1.29 is 0 Å². The molecule has 1 N–H and O–H groups in total. The Hall–Kier alpha value is -0.870. The predicted octanol–water partition coefficient (Wildman–Crippen LogP) is 1.63. The highest BCUT2D eigenvalue weighted by atomic mass is 15.2. The first-order chi connectivity index (χ1) is 8.79. The van der Waals surface area contributed by atoms with Crippen molar-refractivity contribution in [3.05, 3.63) is 18.2 Å². The molecule has 0 unspecified atom stereocenters. The minimum Gasteiger partial charge on any atom is -0.337 e. The Morgan fingerprint density at radius 3 is 2.78 bits per heavy atom. The average Bonchev–Trinajstić information content (AvgIpc) is 2.78. The molecule has 1 aromatic rings. The smallest absolute Gasteiger partial charge is 0.122 e. The zero-order chi connectivity index (χ0) is 12.8. The Balaban J connectivity index is 1.69. The molecule has 1 aliphatic heterocycles. The number of rotatable bonds is 6. The summed E-state index contributed by atoms with van der Waals surface area (Å²) in [6.07, 6.45) is 7.79. The minimum absolute atomic E-state index is 0.870. The van der Waals surface area contributed by atoms with E-state index in [1.807, 2.05) is 12.4 Å². The average molecular weight is 250 g/mol. The highest BCUT2D eigenvalue weighted by molar-refractivity contribution is 4.91. The highest BCUT2D eigenvalue weighted by Gasteiger charge is 2.19. The van der Waals surface area contributed by atoms with Gasteiger partial charge in [0.1, 0.15) is 5.82 Å². The fraction of sp³-hybridized carbons (Fsp3) is 0.786. The van der Waals surface area contributed by atoms with Gasteiger partial charge < -0.3 is 9.88 Å². The van der Waals surface area contributed by atoms with Gasteiger partial charge >= 0.3 is 0 Å². The number of aromatic nitrogens is 2. The van der Waals surface area contributed by atoms with Crippen molar-refractivity contribution >= 4 is 0 Å². The lowest BCUT2D eigenvalue weighted by atomic mass is 9.97. The monoisotopic (exact) mass is 250 g/mol. The Morgan fingerprint density at radius 2 is 2.17 bits per heavy atom. The third-order valence-electron chi connectivity index (χ3n) is 3.85. The van der Waals surface area contributed by atoms with Gasteiger partial charge in [-0.3, -0.25) is 4.90 Å². The second kappa shape index (κ2) is 6.90. The number of hydrogen-bond acceptors (Lipinski definition) is 3. The van der Waals surface area contributed by atoms with Gasteiger partial charge in [-0.2, -0.15) is 0 Å². The van der Waals surface area contributed by atoms with Gasteiger partial charge in [0.25, 0.3) is 0 Å². The van der Waals surface area contributed by atoms with E-state index in [0.717, 1.165) is 19.0 Å². The van der Waals surface area contributed by atoms with Crippen LogP contribution in [0.25, 0.3) is 0 Å². The van der Waals surface area contributed by atoms with Crippen LogP contribution in [0.4, 0.5) is 0 Å². The number of nitrogens with one attached hydrogen (secondary N) is 1. The molecule has 1 fully saturated rings. The summed E-state index contributed by atoms with van der Waals surface area (Å²) < 4.78 is 2.12. The van der Waals surface area contributed by atoms with Crippen LogP contribution in [0.5, 0.6) is 0 Å². The van der Waals surface area contributed by atoms with Crippen LogP contribution in [0, 0.1) is 5.92 Å².